The zero-order valence-corrected chi connectivity index (χ0v) is 11.1. The molecule has 0 spiro atoms. The van der Waals surface area contributed by atoms with E-state index in [0.29, 0.717) is 13.2 Å². The van der Waals surface area contributed by atoms with E-state index in [1.807, 2.05) is 49.4 Å². The average Bonchev–Trinajstić information content (AvgIpc) is 2.37. The van der Waals surface area contributed by atoms with Gasteiger partial charge in [-0.1, -0.05) is 35.9 Å². The lowest BCUT2D eigenvalue weighted by Gasteiger charge is -2.11. The molecule has 0 fully saturated rings. The van der Waals surface area contributed by atoms with Gasteiger partial charge in [0.1, 0.15) is 12.4 Å². The molecule has 2 aromatic carbocycles. The lowest BCUT2D eigenvalue weighted by Crippen LogP contribution is -2.03. The molecule has 2 nitrogen and oxygen atoms in total. The maximum Gasteiger partial charge on any atom is 0.124 e. The molecule has 0 aromatic heterocycles. The average molecular weight is 262 g/mol. The van der Waals surface area contributed by atoms with Crippen LogP contribution in [0.5, 0.6) is 5.75 Å². The van der Waals surface area contributed by atoms with E-state index in [0.717, 1.165) is 27.5 Å². The number of benzene rings is 2. The predicted molar refractivity (Wildman–Crippen MR) is 74.9 cm³/mol. The second kappa shape index (κ2) is 5.89. The molecule has 0 amide bonds. The fourth-order valence-electron chi connectivity index (χ4n) is 1.75. The molecule has 0 aliphatic heterocycles. The maximum atomic E-state index is 5.93. The summed E-state index contributed by atoms with van der Waals surface area (Å²) < 4.78 is 5.81. The summed E-state index contributed by atoms with van der Waals surface area (Å²) in [5.74, 6) is 0.845. The first kappa shape index (κ1) is 12.9. The second-order valence-corrected chi connectivity index (χ2v) is 4.67. The van der Waals surface area contributed by atoms with Crippen LogP contribution in [0, 0.1) is 6.92 Å². The Morgan fingerprint density at radius 1 is 1.17 bits per heavy atom. The second-order valence-electron chi connectivity index (χ2n) is 4.23. The Kier molecular flexibility index (Phi) is 4.24. The normalized spacial score (nSPS) is 10.4. The summed E-state index contributed by atoms with van der Waals surface area (Å²) in [5, 5.41) is 0.722. The number of ether oxygens (including phenoxy) is 1. The largest absolute Gasteiger partial charge is 0.489 e. The SMILES string of the molecule is Cc1ccc(CN)c(OCc2cccc(Cl)c2)c1. The standard InChI is InChI=1S/C15H16ClNO/c1-11-5-6-13(9-17)15(7-11)18-10-12-3-2-4-14(16)8-12/h2-8H,9-10,17H2,1H3. The molecular formula is C15H16ClNO. The number of halogens is 1. The van der Waals surface area contributed by atoms with Gasteiger partial charge in [-0.2, -0.15) is 0 Å². The van der Waals surface area contributed by atoms with E-state index >= 15 is 0 Å². The van der Waals surface area contributed by atoms with Crippen LogP contribution < -0.4 is 10.5 Å². The van der Waals surface area contributed by atoms with E-state index in [4.69, 9.17) is 22.1 Å². The summed E-state index contributed by atoms with van der Waals surface area (Å²) >= 11 is 5.93. The molecule has 2 N–H and O–H groups in total. The molecule has 0 radical (unpaired) electrons. The van der Waals surface area contributed by atoms with Crippen LogP contribution in [0.1, 0.15) is 16.7 Å². The van der Waals surface area contributed by atoms with Gasteiger partial charge in [0.05, 0.1) is 0 Å². The smallest absolute Gasteiger partial charge is 0.124 e. The first-order chi connectivity index (χ1) is 8.69. The van der Waals surface area contributed by atoms with E-state index in [-0.39, 0.29) is 0 Å². The van der Waals surface area contributed by atoms with Crippen molar-refractivity contribution >= 4 is 11.6 Å². The number of rotatable bonds is 4. The van der Waals surface area contributed by atoms with Crippen molar-refractivity contribution in [1.29, 1.82) is 0 Å². The van der Waals surface area contributed by atoms with Gasteiger partial charge in [0.25, 0.3) is 0 Å². The van der Waals surface area contributed by atoms with Crippen molar-refractivity contribution in [3.05, 3.63) is 64.2 Å². The highest BCUT2D eigenvalue weighted by molar-refractivity contribution is 6.30. The Morgan fingerprint density at radius 2 is 2.00 bits per heavy atom. The molecule has 0 aliphatic rings. The summed E-state index contributed by atoms with van der Waals surface area (Å²) in [6.45, 7) is 3.01. The summed E-state index contributed by atoms with van der Waals surface area (Å²) in [6, 6.07) is 13.7. The predicted octanol–water partition coefficient (Wildman–Crippen LogP) is 3.69. The zero-order chi connectivity index (χ0) is 13.0. The third-order valence-corrected chi connectivity index (χ3v) is 2.96. The lowest BCUT2D eigenvalue weighted by atomic mass is 10.1. The van der Waals surface area contributed by atoms with E-state index in [9.17, 15) is 0 Å². The number of aryl methyl sites for hydroxylation is 1. The van der Waals surface area contributed by atoms with Crippen molar-refractivity contribution in [2.45, 2.75) is 20.1 Å². The molecule has 3 heteroatoms. The number of hydrogen-bond acceptors (Lipinski definition) is 2. The summed E-state index contributed by atoms with van der Waals surface area (Å²) in [4.78, 5) is 0. The van der Waals surface area contributed by atoms with Crippen molar-refractivity contribution in [2.75, 3.05) is 0 Å². The van der Waals surface area contributed by atoms with Crippen LogP contribution in [-0.4, -0.2) is 0 Å². The van der Waals surface area contributed by atoms with Gasteiger partial charge < -0.3 is 10.5 Å². The maximum absolute atomic E-state index is 5.93. The highest BCUT2D eigenvalue weighted by Gasteiger charge is 2.03. The van der Waals surface area contributed by atoms with Crippen molar-refractivity contribution in [2.24, 2.45) is 5.73 Å². The number of nitrogens with two attached hydrogens (primary N) is 1. The summed E-state index contributed by atoms with van der Waals surface area (Å²) in [7, 11) is 0. The molecule has 0 heterocycles. The third kappa shape index (κ3) is 3.25. The first-order valence-electron chi connectivity index (χ1n) is 5.86. The van der Waals surface area contributed by atoms with Crippen molar-refractivity contribution in [3.8, 4) is 5.75 Å². The van der Waals surface area contributed by atoms with Gasteiger partial charge in [0.15, 0.2) is 0 Å². The van der Waals surface area contributed by atoms with Gasteiger partial charge in [-0.3, -0.25) is 0 Å². The highest BCUT2D eigenvalue weighted by atomic mass is 35.5. The van der Waals surface area contributed by atoms with Gasteiger partial charge in [-0.05, 0) is 36.2 Å². The fourth-order valence-corrected chi connectivity index (χ4v) is 1.97. The van der Waals surface area contributed by atoms with Crippen LogP contribution >= 0.6 is 11.6 Å². The van der Waals surface area contributed by atoms with E-state index in [1.54, 1.807) is 0 Å². The molecular weight excluding hydrogens is 246 g/mol. The molecule has 94 valence electrons. The van der Waals surface area contributed by atoms with Gasteiger partial charge in [-0.25, -0.2) is 0 Å². The van der Waals surface area contributed by atoms with E-state index < -0.39 is 0 Å². The molecule has 0 aliphatic carbocycles. The minimum Gasteiger partial charge on any atom is -0.489 e. The van der Waals surface area contributed by atoms with Gasteiger partial charge >= 0.3 is 0 Å². The molecule has 0 atom stereocenters. The molecule has 18 heavy (non-hydrogen) atoms. The minimum absolute atomic E-state index is 0.477. The highest BCUT2D eigenvalue weighted by Crippen LogP contribution is 2.21. The van der Waals surface area contributed by atoms with E-state index in [2.05, 4.69) is 0 Å². The lowest BCUT2D eigenvalue weighted by molar-refractivity contribution is 0.303. The van der Waals surface area contributed by atoms with Crippen LogP contribution in [0.3, 0.4) is 0 Å². The van der Waals surface area contributed by atoms with Crippen LogP contribution in [0.15, 0.2) is 42.5 Å². The van der Waals surface area contributed by atoms with Gasteiger partial charge in [0.2, 0.25) is 0 Å². The van der Waals surface area contributed by atoms with Crippen LogP contribution in [0.25, 0.3) is 0 Å². The summed E-state index contributed by atoms with van der Waals surface area (Å²) in [6.07, 6.45) is 0. The molecule has 0 saturated heterocycles. The first-order valence-corrected chi connectivity index (χ1v) is 6.23. The molecule has 2 aromatic rings. The fraction of sp³-hybridized carbons (Fsp3) is 0.200. The molecule has 2 rings (SSSR count). The zero-order valence-electron chi connectivity index (χ0n) is 10.3. The Hall–Kier alpha value is -1.51. The minimum atomic E-state index is 0.477. The van der Waals surface area contributed by atoms with Crippen molar-refractivity contribution < 1.29 is 4.74 Å². The van der Waals surface area contributed by atoms with E-state index in [1.165, 1.54) is 0 Å². The Balaban J connectivity index is 2.12. The quantitative estimate of drug-likeness (QED) is 0.911. The summed E-state index contributed by atoms with van der Waals surface area (Å²) in [5.41, 5.74) is 8.92. The van der Waals surface area contributed by atoms with Crippen molar-refractivity contribution in [1.82, 2.24) is 0 Å². The molecule has 0 saturated carbocycles. The van der Waals surface area contributed by atoms with Gasteiger partial charge in [0, 0.05) is 17.1 Å². The van der Waals surface area contributed by atoms with Crippen LogP contribution in [-0.2, 0) is 13.2 Å². The van der Waals surface area contributed by atoms with Crippen molar-refractivity contribution in [3.63, 3.8) is 0 Å². The molecule has 0 bridgehead atoms. The van der Waals surface area contributed by atoms with Crippen LogP contribution in [0.2, 0.25) is 5.02 Å². The topological polar surface area (TPSA) is 35.2 Å². The number of hydrogen-bond donors (Lipinski definition) is 1. The Morgan fingerprint density at radius 3 is 2.72 bits per heavy atom. The third-order valence-electron chi connectivity index (χ3n) is 2.73. The Bertz CT molecular complexity index is 540. The monoisotopic (exact) mass is 261 g/mol. The Labute approximate surface area is 112 Å². The van der Waals surface area contributed by atoms with Gasteiger partial charge in [-0.15, -0.1) is 0 Å². The molecule has 0 unspecified atom stereocenters. The van der Waals surface area contributed by atoms with Crippen LogP contribution in [0.4, 0.5) is 0 Å².